The first kappa shape index (κ1) is 22.9. The maximum absolute atomic E-state index is 13.1. The summed E-state index contributed by atoms with van der Waals surface area (Å²) in [4.78, 5) is 16.3. The van der Waals surface area contributed by atoms with Crippen LogP contribution in [-0.2, 0) is 0 Å². The smallest absolute Gasteiger partial charge is 0.333 e. The standard InChI is InChI=1S/C20H20F6N6O/c21-17(22)13-9-31-14(2-1-3-15(31)29-13)27-10-4-6-11(7-5-10)28-19(33)12-8-32(20(25)26)30-16(12)18(23)24/h1-3,8-11,17-18,20,27H,4-7H2,(H,28,33). The molecule has 178 valence electrons. The number of pyridine rings is 1. The fourth-order valence-electron chi connectivity index (χ4n) is 3.95. The molecule has 1 amide bonds. The molecule has 0 aromatic carbocycles. The lowest BCUT2D eigenvalue weighted by atomic mass is 9.91. The third-order valence-corrected chi connectivity index (χ3v) is 5.56. The van der Waals surface area contributed by atoms with Gasteiger partial charge >= 0.3 is 6.55 Å². The van der Waals surface area contributed by atoms with Crippen LogP contribution >= 0.6 is 0 Å². The second-order valence-corrected chi connectivity index (χ2v) is 7.76. The number of hydrogen-bond acceptors (Lipinski definition) is 4. The highest BCUT2D eigenvalue weighted by Gasteiger charge is 2.28. The Morgan fingerprint density at radius 2 is 1.67 bits per heavy atom. The van der Waals surface area contributed by atoms with Gasteiger partial charge in [-0.3, -0.25) is 9.20 Å². The van der Waals surface area contributed by atoms with Crippen molar-refractivity contribution in [2.45, 2.75) is 57.2 Å². The molecule has 3 aromatic heterocycles. The molecule has 1 fully saturated rings. The van der Waals surface area contributed by atoms with E-state index in [1.54, 1.807) is 22.6 Å². The Kier molecular flexibility index (Phi) is 6.47. The number of anilines is 1. The molecule has 0 saturated heterocycles. The number of aromatic nitrogens is 4. The summed E-state index contributed by atoms with van der Waals surface area (Å²) in [5, 5.41) is 9.02. The van der Waals surface area contributed by atoms with Crippen LogP contribution in [-0.4, -0.2) is 37.2 Å². The summed E-state index contributed by atoms with van der Waals surface area (Å²) in [7, 11) is 0. The Morgan fingerprint density at radius 1 is 0.970 bits per heavy atom. The van der Waals surface area contributed by atoms with Crippen LogP contribution in [0.15, 0.2) is 30.6 Å². The van der Waals surface area contributed by atoms with Gasteiger partial charge in [0.25, 0.3) is 18.8 Å². The van der Waals surface area contributed by atoms with Crippen molar-refractivity contribution >= 4 is 17.4 Å². The maximum atomic E-state index is 13.1. The molecule has 33 heavy (non-hydrogen) atoms. The van der Waals surface area contributed by atoms with Crippen LogP contribution in [0.25, 0.3) is 5.65 Å². The van der Waals surface area contributed by atoms with Gasteiger partial charge in [-0.25, -0.2) is 27.2 Å². The minimum Gasteiger partial charge on any atom is -0.368 e. The van der Waals surface area contributed by atoms with E-state index in [9.17, 15) is 31.1 Å². The number of fused-ring (bicyclic) bond motifs is 1. The summed E-state index contributed by atoms with van der Waals surface area (Å²) in [6, 6.07) is 4.72. The minimum absolute atomic E-state index is 0.0145. The van der Waals surface area contributed by atoms with E-state index in [4.69, 9.17) is 0 Å². The van der Waals surface area contributed by atoms with Crippen molar-refractivity contribution in [1.82, 2.24) is 24.5 Å². The Balaban J connectivity index is 1.37. The number of amides is 1. The molecular weight excluding hydrogens is 454 g/mol. The van der Waals surface area contributed by atoms with Crippen LogP contribution in [0, 0.1) is 0 Å². The molecule has 2 N–H and O–H groups in total. The van der Waals surface area contributed by atoms with Gasteiger partial charge < -0.3 is 10.6 Å². The lowest BCUT2D eigenvalue weighted by Crippen LogP contribution is -2.40. The average Bonchev–Trinajstić information content (AvgIpc) is 3.41. The summed E-state index contributed by atoms with van der Waals surface area (Å²) in [6.45, 7) is -3.14. The van der Waals surface area contributed by atoms with Crippen LogP contribution in [0.3, 0.4) is 0 Å². The fraction of sp³-hybridized carbons (Fsp3) is 0.450. The first-order valence-corrected chi connectivity index (χ1v) is 10.2. The van der Waals surface area contributed by atoms with E-state index in [0.29, 0.717) is 43.3 Å². The van der Waals surface area contributed by atoms with E-state index in [-0.39, 0.29) is 22.5 Å². The molecule has 1 saturated carbocycles. The van der Waals surface area contributed by atoms with E-state index < -0.39 is 36.6 Å². The third-order valence-electron chi connectivity index (χ3n) is 5.56. The van der Waals surface area contributed by atoms with Crippen molar-refractivity contribution < 1.29 is 31.1 Å². The third kappa shape index (κ3) is 4.91. The average molecular weight is 474 g/mol. The number of imidazole rings is 1. The van der Waals surface area contributed by atoms with E-state index >= 15 is 0 Å². The molecule has 1 aliphatic rings. The van der Waals surface area contributed by atoms with E-state index in [1.807, 2.05) is 0 Å². The number of hydrogen-bond donors (Lipinski definition) is 2. The van der Waals surface area contributed by atoms with E-state index in [0.717, 1.165) is 0 Å². The molecule has 0 bridgehead atoms. The SMILES string of the molecule is O=C(NC1CCC(Nc2cccc3nc(C(F)F)cn23)CC1)c1cn(C(F)F)nc1C(F)F. The van der Waals surface area contributed by atoms with Gasteiger partial charge in [-0.15, -0.1) is 0 Å². The van der Waals surface area contributed by atoms with Gasteiger partial charge in [0.15, 0.2) is 0 Å². The quantitative estimate of drug-likeness (QED) is 0.475. The van der Waals surface area contributed by atoms with Gasteiger partial charge in [0, 0.05) is 24.5 Å². The summed E-state index contributed by atoms with van der Waals surface area (Å²) in [5.41, 5.74) is -1.50. The van der Waals surface area contributed by atoms with Crippen molar-refractivity contribution in [2.75, 3.05) is 5.32 Å². The Hall–Kier alpha value is -3.25. The largest absolute Gasteiger partial charge is 0.368 e. The number of rotatable bonds is 7. The second kappa shape index (κ2) is 9.32. The van der Waals surface area contributed by atoms with Gasteiger partial charge in [-0.05, 0) is 37.8 Å². The van der Waals surface area contributed by atoms with E-state index in [1.165, 1.54) is 6.20 Å². The number of carbonyl (C=O) groups is 1. The number of nitrogens with zero attached hydrogens (tertiary/aromatic N) is 4. The highest BCUT2D eigenvalue weighted by atomic mass is 19.3. The maximum Gasteiger partial charge on any atom is 0.333 e. The molecule has 0 aliphatic heterocycles. The predicted molar refractivity (Wildman–Crippen MR) is 106 cm³/mol. The van der Waals surface area contributed by atoms with Crippen molar-refractivity contribution in [2.24, 2.45) is 0 Å². The molecule has 7 nitrogen and oxygen atoms in total. The van der Waals surface area contributed by atoms with Gasteiger partial charge in [0.1, 0.15) is 22.9 Å². The molecule has 3 aromatic rings. The predicted octanol–water partition coefficient (Wildman–Crippen LogP) is 4.95. The topological polar surface area (TPSA) is 76.2 Å². The van der Waals surface area contributed by atoms with Crippen LogP contribution in [0.4, 0.5) is 32.2 Å². The van der Waals surface area contributed by atoms with Gasteiger partial charge in [-0.2, -0.15) is 13.9 Å². The van der Waals surface area contributed by atoms with Gasteiger partial charge in [0.2, 0.25) is 0 Å². The Bertz CT molecular complexity index is 1120. The van der Waals surface area contributed by atoms with Crippen LogP contribution in [0.5, 0.6) is 0 Å². The summed E-state index contributed by atoms with van der Waals surface area (Å²) < 4.78 is 79.3. The molecule has 1 aliphatic carbocycles. The monoisotopic (exact) mass is 474 g/mol. The zero-order chi connectivity index (χ0) is 23.7. The zero-order valence-corrected chi connectivity index (χ0v) is 17.1. The van der Waals surface area contributed by atoms with Gasteiger partial charge in [0.05, 0.1) is 5.56 Å². The zero-order valence-electron chi connectivity index (χ0n) is 17.1. The number of nitrogens with one attached hydrogen (secondary N) is 2. The van der Waals surface area contributed by atoms with Crippen molar-refractivity contribution in [3.63, 3.8) is 0 Å². The van der Waals surface area contributed by atoms with Crippen molar-refractivity contribution in [3.05, 3.63) is 47.5 Å². The molecule has 4 rings (SSSR count). The summed E-state index contributed by atoms with van der Waals surface area (Å²) >= 11 is 0. The molecule has 0 unspecified atom stereocenters. The normalized spacial score (nSPS) is 19.1. The lowest BCUT2D eigenvalue weighted by molar-refractivity contribution is 0.0537. The number of carbonyl (C=O) groups excluding carboxylic acids is 1. The first-order chi connectivity index (χ1) is 15.7. The summed E-state index contributed by atoms with van der Waals surface area (Å²) in [6.07, 6.45) is -1.72. The molecular formula is C20H20F6N6O. The van der Waals surface area contributed by atoms with Crippen LogP contribution < -0.4 is 10.6 Å². The van der Waals surface area contributed by atoms with Crippen LogP contribution in [0.2, 0.25) is 0 Å². The van der Waals surface area contributed by atoms with Crippen LogP contribution in [0.1, 0.15) is 66.8 Å². The van der Waals surface area contributed by atoms with E-state index in [2.05, 4.69) is 20.7 Å². The molecule has 0 atom stereocenters. The fourth-order valence-corrected chi connectivity index (χ4v) is 3.95. The second-order valence-electron chi connectivity index (χ2n) is 7.76. The number of alkyl halides is 6. The Labute approximate surface area is 183 Å². The molecule has 0 radical (unpaired) electrons. The minimum atomic E-state index is -3.16. The molecule has 13 heteroatoms. The highest BCUT2D eigenvalue weighted by molar-refractivity contribution is 5.95. The Morgan fingerprint density at radius 3 is 2.30 bits per heavy atom. The highest BCUT2D eigenvalue weighted by Crippen LogP contribution is 2.27. The number of halogens is 6. The van der Waals surface area contributed by atoms with Crippen molar-refractivity contribution in [3.8, 4) is 0 Å². The summed E-state index contributed by atoms with van der Waals surface area (Å²) in [5.74, 6) is -0.281. The molecule has 3 heterocycles. The van der Waals surface area contributed by atoms with Crippen molar-refractivity contribution in [1.29, 1.82) is 0 Å². The van der Waals surface area contributed by atoms with Gasteiger partial charge in [-0.1, -0.05) is 6.07 Å². The molecule has 0 spiro atoms. The first-order valence-electron chi connectivity index (χ1n) is 10.2. The lowest BCUT2D eigenvalue weighted by Gasteiger charge is -2.30.